The topological polar surface area (TPSA) is 51.0 Å². The minimum Gasteiger partial charge on any atom is -0.469 e. The van der Waals surface area contributed by atoms with Gasteiger partial charge in [0.1, 0.15) is 15.8 Å². The molecule has 0 saturated carbocycles. The quantitative estimate of drug-likeness (QED) is 0.866. The Morgan fingerprint density at radius 3 is 3.00 bits per heavy atom. The molecule has 2 heterocycles. The molecule has 0 aliphatic rings. The minimum absolute atomic E-state index is 0.273. The van der Waals surface area contributed by atoms with Gasteiger partial charge in [-0.1, -0.05) is 11.3 Å². The largest absolute Gasteiger partial charge is 0.469 e. The Morgan fingerprint density at radius 2 is 2.31 bits per heavy atom. The van der Waals surface area contributed by atoms with Crippen LogP contribution in [0.4, 0.5) is 0 Å². The Balaban J connectivity index is 1.93. The molecule has 0 radical (unpaired) electrons. The Kier molecular flexibility index (Phi) is 3.69. The molecule has 2 rings (SSSR count). The SMILES string of the molecule is CNC(C)c1nnc(CCc2ccco2)s1. The van der Waals surface area contributed by atoms with Crippen LogP contribution in [0, 0.1) is 0 Å². The lowest BCUT2D eigenvalue weighted by molar-refractivity contribution is 0.508. The maximum absolute atomic E-state index is 5.27. The minimum atomic E-state index is 0.273. The highest BCUT2D eigenvalue weighted by Crippen LogP contribution is 2.18. The van der Waals surface area contributed by atoms with Gasteiger partial charge in [-0.3, -0.25) is 0 Å². The van der Waals surface area contributed by atoms with Gasteiger partial charge in [-0.05, 0) is 26.1 Å². The van der Waals surface area contributed by atoms with Crippen LogP contribution in [0.3, 0.4) is 0 Å². The monoisotopic (exact) mass is 237 g/mol. The van der Waals surface area contributed by atoms with Crippen LogP contribution >= 0.6 is 11.3 Å². The number of nitrogens with zero attached hydrogens (tertiary/aromatic N) is 2. The summed E-state index contributed by atoms with van der Waals surface area (Å²) in [6.45, 7) is 2.08. The number of aryl methyl sites for hydroxylation is 2. The van der Waals surface area contributed by atoms with Crippen LogP contribution < -0.4 is 5.32 Å². The first-order chi connectivity index (χ1) is 7.79. The van der Waals surface area contributed by atoms with Crippen LogP contribution in [0.5, 0.6) is 0 Å². The Labute approximate surface area is 98.7 Å². The average molecular weight is 237 g/mol. The van der Waals surface area contributed by atoms with Gasteiger partial charge in [0.2, 0.25) is 0 Å². The van der Waals surface area contributed by atoms with E-state index in [1.54, 1.807) is 17.6 Å². The predicted molar refractivity (Wildman–Crippen MR) is 63.5 cm³/mol. The molecule has 86 valence electrons. The molecule has 4 nitrogen and oxygen atoms in total. The van der Waals surface area contributed by atoms with E-state index >= 15 is 0 Å². The third kappa shape index (κ3) is 2.68. The number of furan rings is 1. The molecular formula is C11H15N3OS. The van der Waals surface area contributed by atoms with Crippen LogP contribution in [0.1, 0.15) is 28.7 Å². The molecule has 1 N–H and O–H groups in total. The highest BCUT2D eigenvalue weighted by molar-refractivity contribution is 7.11. The van der Waals surface area contributed by atoms with Gasteiger partial charge in [0.25, 0.3) is 0 Å². The Bertz CT molecular complexity index is 424. The van der Waals surface area contributed by atoms with E-state index in [4.69, 9.17) is 4.42 Å². The van der Waals surface area contributed by atoms with E-state index in [1.165, 1.54) is 0 Å². The summed E-state index contributed by atoms with van der Waals surface area (Å²) in [4.78, 5) is 0. The number of hydrogen-bond donors (Lipinski definition) is 1. The van der Waals surface area contributed by atoms with Crippen LogP contribution in [0.2, 0.25) is 0 Å². The fraction of sp³-hybridized carbons (Fsp3) is 0.455. The second-order valence-electron chi connectivity index (χ2n) is 3.62. The van der Waals surface area contributed by atoms with E-state index in [0.29, 0.717) is 0 Å². The van der Waals surface area contributed by atoms with E-state index in [9.17, 15) is 0 Å². The second-order valence-corrected chi connectivity index (χ2v) is 4.72. The predicted octanol–water partition coefficient (Wildman–Crippen LogP) is 2.20. The van der Waals surface area contributed by atoms with Crippen molar-refractivity contribution >= 4 is 11.3 Å². The average Bonchev–Trinajstić information content (AvgIpc) is 2.96. The van der Waals surface area contributed by atoms with Crippen LogP contribution in [-0.4, -0.2) is 17.2 Å². The molecule has 0 spiro atoms. The van der Waals surface area contributed by atoms with E-state index in [0.717, 1.165) is 28.6 Å². The summed E-state index contributed by atoms with van der Waals surface area (Å²) in [7, 11) is 1.93. The first-order valence-corrected chi connectivity index (χ1v) is 6.13. The maximum atomic E-state index is 5.27. The third-order valence-electron chi connectivity index (χ3n) is 2.45. The van der Waals surface area contributed by atoms with Crippen molar-refractivity contribution < 1.29 is 4.42 Å². The van der Waals surface area contributed by atoms with Crippen molar-refractivity contribution in [2.75, 3.05) is 7.05 Å². The van der Waals surface area contributed by atoms with Gasteiger partial charge in [0, 0.05) is 12.8 Å². The molecule has 0 fully saturated rings. The van der Waals surface area contributed by atoms with Crippen molar-refractivity contribution in [1.29, 1.82) is 0 Å². The van der Waals surface area contributed by atoms with Crippen molar-refractivity contribution in [3.8, 4) is 0 Å². The van der Waals surface area contributed by atoms with E-state index in [-0.39, 0.29) is 6.04 Å². The molecule has 0 aliphatic carbocycles. The third-order valence-corrected chi connectivity index (χ3v) is 3.62. The molecule has 0 saturated heterocycles. The van der Waals surface area contributed by atoms with E-state index < -0.39 is 0 Å². The van der Waals surface area contributed by atoms with Crippen LogP contribution in [0.25, 0.3) is 0 Å². The Morgan fingerprint density at radius 1 is 1.44 bits per heavy atom. The number of rotatable bonds is 5. The maximum Gasteiger partial charge on any atom is 0.134 e. The Hall–Kier alpha value is -1.20. The molecule has 2 aromatic rings. The zero-order valence-electron chi connectivity index (χ0n) is 9.43. The van der Waals surface area contributed by atoms with Gasteiger partial charge in [0.15, 0.2) is 0 Å². The van der Waals surface area contributed by atoms with Crippen molar-refractivity contribution in [3.63, 3.8) is 0 Å². The lowest BCUT2D eigenvalue weighted by Crippen LogP contribution is -2.11. The molecule has 0 aliphatic heterocycles. The number of aromatic nitrogens is 2. The summed E-state index contributed by atoms with van der Waals surface area (Å²) >= 11 is 1.66. The van der Waals surface area contributed by atoms with Crippen molar-refractivity contribution in [1.82, 2.24) is 15.5 Å². The molecule has 0 bridgehead atoms. The molecular weight excluding hydrogens is 222 g/mol. The van der Waals surface area contributed by atoms with Gasteiger partial charge in [-0.25, -0.2) is 0 Å². The first-order valence-electron chi connectivity index (χ1n) is 5.31. The normalized spacial score (nSPS) is 12.9. The van der Waals surface area contributed by atoms with Crippen molar-refractivity contribution in [2.24, 2.45) is 0 Å². The molecule has 16 heavy (non-hydrogen) atoms. The summed E-state index contributed by atoms with van der Waals surface area (Å²) < 4.78 is 5.27. The summed E-state index contributed by atoms with van der Waals surface area (Å²) in [6.07, 6.45) is 3.47. The first kappa shape index (κ1) is 11.3. The summed E-state index contributed by atoms with van der Waals surface area (Å²) in [5.74, 6) is 0.999. The van der Waals surface area contributed by atoms with Gasteiger partial charge >= 0.3 is 0 Å². The molecule has 5 heteroatoms. The van der Waals surface area contributed by atoms with Gasteiger partial charge < -0.3 is 9.73 Å². The van der Waals surface area contributed by atoms with Crippen molar-refractivity contribution in [3.05, 3.63) is 34.2 Å². The fourth-order valence-electron chi connectivity index (χ4n) is 1.35. The van der Waals surface area contributed by atoms with E-state index in [2.05, 4.69) is 22.4 Å². The summed E-state index contributed by atoms with van der Waals surface area (Å²) in [5.41, 5.74) is 0. The molecule has 0 aromatic carbocycles. The summed E-state index contributed by atoms with van der Waals surface area (Å²) in [6, 6.07) is 4.16. The smallest absolute Gasteiger partial charge is 0.134 e. The number of hydrogen-bond acceptors (Lipinski definition) is 5. The van der Waals surface area contributed by atoms with Crippen molar-refractivity contribution in [2.45, 2.75) is 25.8 Å². The number of nitrogens with one attached hydrogen (secondary N) is 1. The zero-order valence-corrected chi connectivity index (χ0v) is 10.3. The van der Waals surface area contributed by atoms with Gasteiger partial charge in [-0.15, -0.1) is 10.2 Å². The van der Waals surface area contributed by atoms with Gasteiger partial charge in [0.05, 0.1) is 12.3 Å². The molecule has 2 aromatic heterocycles. The van der Waals surface area contributed by atoms with Crippen LogP contribution in [-0.2, 0) is 12.8 Å². The molecule has 0 amide bonds. The molecule has 1 atom stereocenters. The standard InChI is InChI=1S/C11H15N3OS/c1-8(12-2)11-14-13-10(16-11)6-5-9-4-3-7-15-9/h3-4,7-8,12H,5-6H2,1-2H3. The fourth-order valence-corrected chi connectivity index (χ4v) is 2.25. The van der Waals surface area contributed by atoms with Crippen LogP contribution in [0.15, 0.2) is 22.8 Å². The summed E-state index contributed by atoms with van der Waals surface area (Å²) in [5, 5.41) is 13.6. The zero-order chi connectivity index (χ0) is 11.4. The highest BCUT2D eigenvalue weighted by atomic mass is 32.1. The highest BCUT2D eigenvalue weighted by Gasteiger charge is 2.10. The lowest BCUT2D eigenvalue weighted by atomic mass is 10.2. The molecule has 1 unspecified atom stereocenters. The van der Waals surface area contributed by atoms with E-state index in [1.807, 2.05) is 19.2 Å². The van der Waals surface area contributed by atoms with Gasteiger partial charge in [-0.2, -0.15) is 0 Å². The second kappa shape index (κ2) is 5.23. The lowest BCUT2D eigenvalue weighted by Gasteiger charge is -2.02.